The second-order valence-electron chi connectivity index (χ2n) is 8.92. The lowest BCUT2D eigenvalue weighted by molar-refractivity contribution is -0.156. The molecule has 31 heavy (non-hydrogen) atoms. The van der Waals surface area contributed by atoms with Crippen molar-refractivity contribution in [2.45, 2.75) is 64.5 Å². The number of benzene rings is 2. The van der Waals surface area contributed by atoms with Gasteiger partial charge in [0, 0.05) is 17.5 Å². The fraction of sp³-hybridized carbons (Fsp3) is 0.370. The third-order valence-electron chi connectivity index (χ3n) is 5.08. The maximum atomic E-state index is 13.1. The molecule has 0 saturated heterocycles. The monoisotopic (exact) mass is 417 g/mol. The van der Waals surface area contributed by atoms with Gasteiger partial charge in [-0.3, -0.25) is 9.79 Å². The zero-order chi connectivity index (χ0) is 22.3. The van der Waals surface area contributed by atoms with Crippen LogP contribution in [-0.4, -0.2) is 29.1 Å². The SMILES string of the molecule is CC(C)(C)OC(=O)[C@H](CCC1=CC(=O)CCC1)N=C(c1ccccc1)c1ccccc1. The second kappa shape index (κ2) is 10.3. The molecule has 162 valence electrons. The van der Waals surface area contributed by atoms with Crippen molar-refractivity contribution in [1.29, 1.82) is 0 Å². The van der Waals surface area contributed by atoms with Gasteiger partial charge in [-0.2, -0.15) is 0 Å². The zero-order valence-electron chi connectivity index (χ0n) is 18.6. The van der Waals surface area contributed by atoms with E-state index in [9.17, 15) is 9.59 Å². The number of carbonyl (C=O) groups excluding carboxylic acids is 2. The maximum Gasteiger partial charge on any atom is 0.331 e. The van der Waals surface area contributed by atoms with Gasteiger partial charge in [-0.15, -0.1) is 0 Å². The molecule has 3 rings (SSSR count). The second-order valence-corrected chi connectivity index (χ2v) is 8.92. The van der Waals surface area contributed by atoms with Gasteiger partial charge in [0.2, 0.25) is 0 Å². The molecule has 0 aromatic heterocycles. The summed E-state index contributed by atoms with van der Waals surface area (Å²) in [6.07, 6.45) is 5.32. The summed E-state index contributed by atoms with van der Waals surface area (Å²) in [5, 5.41) is 0. The number of carbonyl (C=O) groups is 2. The molecule has 0 fully saturated rings. The average molecular weight is 418 g/mol. The fourth-order valence-corrected chi connectivity index (χ4v) is 3.65. The molecule has 4 heteroatoms. The Morgan fingerprint density at radius 2 is 1.55 bits per heavy atom. The number of ether oxygens (including phenoxy) is 1. The minimum absolute atomic E-state index is 0.174. The molecule has 0 spiro atoms. The fourth-order valence-electron chi connectivity index (χ4n) is 3.65. The molecule has 1 aliphatic rings. The Hall–Kier alpha value is -3.01. The number of hydrogen-bond donors (Lipinski definition) is 0. The number of aliphatic imine (C=N–C) groups is 1. The molecule has 0 aliphatic heterocycles. The summed E-state index contributed by atoms with van der Waals surface area (Å²) in [6, 6.07) is 19.1. The minimum Gasteiger partial charge on any atom is -0.458 e. The molecule has 4 nitrogen and oxygen atoms in total. The van der Waals surface area contributed by atoms with Crippen molar-refractivity contribution >= 4 is 17.5 Å². The molecule has 0 amide bonds. The average Bonchev–Trinajstić information content (AvgIpc) is 2.74. The minimum atomic E-state index is -0.646. The Morgan fingerprint density at radius 1 is 0.968 bits per heavy atom. The van der Waals surface area contributed by atoms with Gasteiger partial charge in [0.05, 0.1) is 5.71 Å². The van der Waals surface area contributed by atoms with Crippen LogP contribution in [0.15, 0.2) is 77.3 Å². The summed E-state index contributed by atoms with van der Waals surface area (Å²) >= 11 is 0. The van der Waals surface area contributed by atoms with Gasteiger partial charge >= 0.3 is 5.97 Å². The van der Waals surface area contributed by atoms with Crippen molar-refractivity contribution in [3.05, 3.63) is 83.4 Å². The molecule has 1 aliphatic carbocycles. The Balaban J connectivity index is 1.95. The molecule has 0 saturated carbocycles. The largest absolute Gasteiger partial charge is 0.458 e. The van der Waals surface area contributed by atoms with E-state index >= 15 is 0 Å². The van der Waals surface area contributed by atoms with E-state index in [4.69, 9.17) is 9.73 Å². The van der Waals surface area contributed by atoms with E-state index in [2.05, 4.69) is 0 Å². The standard InChI is InChI=1S/C27H31NO3/c1-27(2,3)31-26(30)24(18-17-20-11-10-16-23(29)19-20)28-25(21-12-6-4-7-13-21)22-14-8-5-9-15-22/h4-9,12-15,19,24H,10-11,16-18H2,1-3H3/t24-/m0/s1. The predicted octanol–water partition coefficient (Wildman–Crippen LogP) is 5.69. The summed E-state index contributed by atoms with van der Waals surface area (Å²) in [7, 11) is 0. The molecular formula is C27H31NO3. The first kappa shape index (κ1) is 22.7. The Kier molecular flexibility index (Phi) is 7.56. The topological polar surface area (TPSA) is 55.7 Å². The van der Waals surface area contributed by atoms with Crippen molar-refractivity contribution in [3.8, 4) is 0 Å². The first-order chi connectivity index (χ1) is 14.8. The molecular weight excluding hydrogens is 386 g/mol. The first-order valence-electron chi connectivity index (χ1n) is 11.0. The van der Waals surface area contributed by atoms with Crippen molar-refractivity contribution < 1.29 is 14.3 Å². The number of rotatable bonds is 7. The molecule has 0 radical (unpaired) electrons. The molecule has 2 aromatic carbocycles. The first-order valence-corrected chi connectivity index (χ1v) is 11.0. The summed E-state index contributed by atoms with van der Waals surface area (Å²) in [5.74, 6) is -0.160. The van der Waals surface area contributed by atoms with E-state index in [1.54, 1.807) is 6.08 Å². The lowest BCUT2D eigenvalue weighted by Crippen LogP contribution is -2.32. The van der Waals surface area contributed by atoms with Crippen LogP contribution in [0, 0.1) is 0 Å². The Morgan fingerprint density at radius 3 is 2.06 bits per heavy atom. The van der Waals surface area contributed by atoms with Crippen molar-refractivity contribution in [2.24, 2.45) is 4.99 Å². The molecule has 0 bridgehead atoms. The van der Waals surface area contributed by atoms with E-state index in [0.29, 0.717) is 19.3 Å². The quantitative estimate of drug-likeness (QED) is 0.429. The van der Waals surface area contributed by atoms with E-state index in [0.717, 1.165) is 35.3 Å². The number of allylic oxidation sites excluding steroid dienone is 2. The molecule has 2 aromatic rings. The van der Waals surface area contributed by atoms with Gasteiger partial charge in [0.25, 0.3) is 0 Å². The Bertz CT molecular complexity index is 911. The lowest BCUT2D eigenvalue weighted by Gasteiger charge is -2.23. The van der Waals surface area contributed by atoms with E-state index in [1.165, 1.54) is 0 Å². The predicted molar refractivity (Wildman–Crippen MR) is 124 cm³/mol. The van der Waals surface area contributed by atoms with Gasteiger partial charge < -0.3 is 4.74 Å². The van der Waals surface area contributed by atoms with Crippen LogP contribution in [0.4, 0.5) is 0 Å². The zero-order valence-corrected chi connectivity index (χ0v) is 18.6. The van der Waals surface area contributed by atoms with Crippen LogP contribution >= 0.6 is 0 Å². The summed E-state index contributed by atoms with van der Waals surface area (Å²) < 4.78 is 5.70. The van der Waals surface area contributed by atoms with Gasteiger partial charge in [-0.25, -0.2) is 4.79 Å². The van der Waals surface area contributed by atoms with Crippen LogP contribution < -0.4 is 0 Å². The van der Waals surface area contributed by atoms with Crippen molar-refractivity contribution in [1.82, 2.24) is 0 Å². The number of esters is 1. The molecule has 0 unspecified atom stereocenters. The highest BCUT2D eigenvalue weighted by atomic mass is 16.6. The van der Waals surface area contributed by atoms with Gasteiger partial charge in [-0.1, -0.05) is 66.2 Å². The van der Waals surface area contributed by atoms with E-state index in [1.807, 2.05) is 81.4 Å². The number of ketones is 1. The highest BCUT2D eigenvalue weighted by Crippen LogP contribution is 2.23. The number of hydrogen-bond acceptors (Lipinski definition) is 4. The van der Waals surface area contributed by atoms with Gasteiger partial charge in [0.15, 0.2) is 5.78 Å². The summed E-state index contributed by atoms with van der Waals surface area (Å²) in [6.45, 7) is 5.59. The lowest BCUT2D eigenvalue weighted by atomic mass is 9.93. The van der Waals surface area contributed by atoms with Crippen LogP contribution in [0.1, 0.15) is 64.0 Å². The van der Waals surface area contributed by atoms with Crippen LogP contribution in [-0.2, 0) is 14.3 Å². The number of nitrogens with zero attached hydrogens (tertiary/aromatic N) is 1. The maximum absolute atomic E-state index is 13.1. The van der Waals surface area contributed by atoms with Crippen molar-refractivity contribution in [2.75, 3.05) is 0 Å². The highest BCUT2D eigenvalue weighted by molar-refractivity contribution is 6.13. The van der Waals surface area contributed by atoms with Gasteiger partial charge in [0.1, 0.15) is 11.6 Å². The smallest absolute Gasteiger partial charge is 0.331 e. The van der Waals surface area contributed by atoms with E-state index < -0.39 is 11.6 Å². The van der Waals surface area contributed by atoms with E-state index in [-0.39, 0.29) is 11.8 Å². The summed E-state index contributed by atoms with van der Waals surface area (Å²) in [5.41, 5.74) is 3.18. The van der Waals surface area contributed by atoms with Crippen LogP contribution in [0.5, 0.6) is 0 Å². The summed E-state index contributed by atoms with van der Waals surface area (Å²) in [4.78, 5) is 29.8. The highest BCUT2D eigenvalue weighted by Gasteiger charge is 2.26. The molecule has 0 heterocycles. The van der Waals surface area contributed by atoms with Crippen LogP contribution in [0.25, 0.3) is 0 Å². The molecule has 1 atom stereocenters. The van der Waals surface area contributed by atoms with Crippen LogP contribution in [0.3, 0.4) is 0 Å². The normalized spacial score (nSPS) is 15.1. The van der Waals surface area contributed by atoms with Crippen LogP contribution in [0.2, 0.25) is 0 Å². The molecule has 0 N–H and O–H groups in total. The third kappa shape index (κ3) is 7.02. The van der Waals surface area contributed by atoms with Crippen molar-refractivity contribution in [3.63, 3.8) is 0 Å². The Labute approximate surface area is 185 Å². The van der Waals surface area contributed by atoms with Gasteiger partial charge in [-0.05, 0) is 52.5 Å². The third-order valence-corrected chi connectivity index (χ3v) is 5.08.